The molecule has 3 N–H and O–H groups in total. The van der Waals surface area contributed by atoms with Crippen LogP contribution in [0.4, 0.5) is 0 Å². The number of rotatable bonds is 9. The molecule has 0 bridgehead atoms. The second-order valence-corrected chi connectivity index (χ2v) is 5.51. The maximum atomic E-state index is 5.84. The number of hydrogen-bond donors (Lipinski definition) is 2. The van der Waals surface area contributed by atoms with Gasteiger partial charge in [-0.25, -0.2) is 0 Å². The lowest BCUT2D eigenvalue weighted by atomic mass is 9.92. The second-order valence-electron chi connectivity index (χ2n) is 5.51. The lowest BCUT2D eigenvalue weighted by Gasteiger charge is -2.15. The number of benzene rings is 2. The fraction of sp³-hybridized carbons (Fsp3) is 0.429. The zero-order valence-electron chi connectivity index (χ0n) is 15.1. The van der Waals surface area contributed by atoms with E-state index in [9.17, 15) is 0 Å². The summed E-state index contributed by atoms with van der Waals surface area (Å²) < 4.78 is 5.14. The van der Waals surface area contributed by atoms with Gasteiger partial charge in [0.15, 0.2) is 0 Å². The molecule has 0 atom stereocenters. The van der Waals surface area contributed by atoms with Crippen LogP contribution in [0.3, 0.4) is 0 Å². The minimum absolute atomic E-state index is 0.312. The summed E-state index contributed by atoms with van der Waals surface area (Å²) in [4.78, 5) is 0. The Morgan fingerprint density at radius 3 is 1.88 bits per heavy atom. The zero-order chi connectivity index (χ0) is 17.5. The fourth-order valence-electron chi connectivity index (χ4n) is 2.46. The standard InChI is InChI=1S/C14H15N.C7H17NO/c15-11-14(12-7-3-1-4-8-12)13-9-5-2-6-10-13;1-3-8-6-5-7-9-4-2/h1-10,14H,11,15H2;8H,3-7H2,1-2H3. The van der Waals surface area contributed by atoms with Crippen LogP contribution in [-0.2, 0) is 4.74 Å². The summed E-state index contributed by atoms with van der Waals surface area (Å²) in [5.74, 6) is 0.312. The van der Waals surface area contributed by atoms with Crippen molar-refractivity contribution in [2.24, 2.45) is 5.73 Å². The molecule has 0 heterocycles. The molecule has 0 saturated carbocycles. The summed E-state index contributed by atoms with van der Waals surface area (Å²) >= 11 is 0. The van der Waals surface area contributed by atoms with Crippen LogP contribution in [0.1, 0.15) is 37.3 Å². The molecule has 3 nitrogen and oxygen atoms in total. The molecule has 2 aromatic carbocycles. The highest BCUT2D eigenvalue weighted by Crippen LogP contribution is 2.22. The molecule has 0 fully saturated rings. The maximum absolute atomic E-state index is 5.84. The SMILES string of the molecule is CCNCCCOCC.NCC(c1ccccc1)c1ccccc1. The Balaban J connectivity index is 0.000000277. The van der Waals surface area contributed by atoms with Gasteiger partial charge in [0, 0.05) is 25.7 Å². The van der Waals surface area contributed by atoms with E-state index in [0.717, 1.165) is 32.7 Å². The number of nitrogens with two attached hydrogens (primary N) is 1. The van der Waals surface area contributed by atoms with Crippen molar-refractivity contribution in [3.05, 3.63) is 71.8 Å². The van der Waals surface area contributed by atoms with Crippen molar-refractivity contribution < 1.29 is 4.74 Å². The van der Waals surface area contributed by atoms with Gasteiger partial charge in [0.05, 0.1) is 0 Å². The Bertz CT molecular complexity index is 456. The molecule has 0 aliphatic carbocycles. The van der Waals surface area contributed by atoms with Gasteiger partial charge in [0.1, 0.15) is 0 Å². The average molecular weight is 329 g/mol. The number of ether oxygens (including phenoxy) is 1. The van der Waals surface area contributed by atoms with Crippen LogP contribution in [-0.4, -0.2) is 32.8 Å². The first-order valence-corrected chi connectivity index (χ1v) is 8.91. The molecular formula is C21H32N2O. The quantitative estimate of drug-likeness (QED) is 0.688. The zero-order valence-corrected chi connectivity index (χ0v) is 15.1. The van der Waals surface area contributed by atoms with Crippen LogP contribution in [0.2, 0.25) is 0 Å². The second kappa shape index (κ2) is 13.7. The molecule has 0 aliphatic rings. The summed E-state index contributed by atoms with van der Waals surface area (Å²) in [6.45, 7) is 8.65. The molecule has 24 heavy (non-hydrogen) atoms. The van der Waals surface area contributed by atoms with Gasteiger partial charge in [0.2, 0.25) is 0 Å². The Kier molecular flexibility index (Phi) is 11.7. The van der Waals surface area contributed by atoms with Crippen molar-refractivity contribution in [2.75, 3.05) is 32.8 Å². The van der Waals surface area contributed by atoms with Crippen molar-refractivity contribution in [2.45, 2.75) is 26.2 Å². The first-order chi connectivity index (χ1) is 11.8. The van der Waals surface area contributed by atoms with Crippen molar-refractivity contribution >= 4 is 0 Å². The van der Waals surface area contributed by atoms with Crippen LogP contribution >= 0.6 is 0 Å². The van der Waals surface area contributed by atoms with Crippen LogP contribution in [0.15, 0.2) is 60.7 Å². The van der Waals surface area contributed by atoms with E-state index in [0.29, 0.717) is 12.5 Å². The number of nitrogens with one attached hydrogen (secondary N) is 1. The molecule has 0 aliphatic heterocycles. The van der Waals surface area contributed by atoms with Crippen molar-refractivity contribution in [3.63, 3.8) is 0 Å². The Labute approximate surface area is 147 Å². The van der Waals surface area contributed by atoms with E-state index < -0.39 is 0 Å². The normalized spacial score (nSPS) is 10.3. The molecular weight excluding hydrogens is 296 g/mol. The van der Waals surface area contributed by atoms with Gasteiger partial charge in [-0.1, -0.05) is 67.6 Å². The molecule has 0 spiro atoms. The summed E-state index contributed by atoms with van der Waals surface area (Å²) in [6, 6.07) is 20.8. The van der Waals surface area contributed by atoms with Gasteiger partial charge in [-0.05, 0) is 37.6 Å². The highest BCUT2D eigenvalue weighted by atomic mass is 16.5. The first-order valence-electron chi connectivity index (χ1n) is 8.91. The van der Waals surface area contributed by atoms with Crippen molar-refractivity contribution in [1.29, 1.82) is 0 Å². The van der Waals surface area contributed by atoms with Gasteiger partial charge < -0.3 is 15.8 Å². The molecule has 0 aromatic heterocycles. The maximum Gasteiger partial charge on any atom is 0.0477 e. The molecule has 132 valence electrons. The molecule has 2 rings (SSSR count). The van der Waals surface area contributed by atoms with E-state index in [1.165, 1.54) is 11.1 Å². The fourth-order valence-corrected chi connectivity index (χ4v) is 2.46. The van der Waals surface area contributed by atoms with Gasteiger partial charge >= 0.3 is 0 Å². The molecule has 0 amide bonds. The third-order valence-electron chi connectivity index (χ3n) is 3.74. The summed E-state index contributed by atoms with van der Waals surface area (Å²) in [5.41, 5.74) is 8.40. The van der Waals surface area contributed by atoms with Gasteiger partial charge in [-0.2, -0.15) is 0 Å². The van der Waals surface area contributed by atoms with Crippen molar-refractivity contribution in [3.8, 4) is 0 Å². The molecule has 0 saturated heterocycles. The van der Waals surface area contributed by atoms with E-state index in [-0.39, 0.29) is 0 Å². The summed E-state index contributed by atoms with van der Waals surface area (Å²) in [5, 5.41) is 3.23. The third-order valence-corrected chi connectivity index (χ3v) is 3.74. The van der Waals surface area contributed by atoms with Crippen molar-refractivity contribution in [1.82, 2.24) is 5.32 Å². The molecule has 0 radical (unpaired) electrons. The van der Waals surface area contributed by atoms with E-state index >= 15 is 0 Å². The Morgan fingerprint density at radius 2 is 1.46 bits per heavy atom. The Hall–Kier alpha value is -1.68. The van der Waals surface area contributed by atoms with Gasteiger partial charge in [-0.3, -0.25) is 0 Å². The lowest BCUT2D eigenvalue weighted by Crippen LogP contribution is -2.15. The monoisotopic (exact) mass is 328 g/mol. The predicted molar refractivity (Wildman–Crippen MR) is 103 cm³/mol. The highest BCUT2D eigenvalue weighted by Gasteiger charge is 2.10. The number of hydrogen-bond acceptors (Lipinski definition) is 3. The summed E-state index contributed by atoms with van der Waals surface area (Å²) in [6.07, 6.45) is 1.13. The molecule has 3 heteroatoms. The largest absolute Gasteiger partial charge is 0.382 e. The van der Waals surface area contributed by atoms with Crippen LogP contribution in [0.5, 0.6) is 0 Å². The molecule has 0 unspecified atom stereocenters. The average Bonchev–Trinajstić information content (AvgIpc) is 2.65. The minimum atomic E-state index is 0.312. The van der Waals surface area contributed by atoms with Gasteiger partial charge in [-0.15, -0.1) is 0 Å². The minimum Gasteiger partial charge on any atom is -0.382 e. The van der Waals surface area contributed by atoms with Gasteiger partial charge in [0.25, 0.3) is 0 Å². The van der Waals surface area contributed by atoms with Crippen LogP contribution in [0.25, 0.3) is 0 Å². The first kappa shape index (κ1) is 20.4. The van der Waals surface area contributed by atoms with Crippen LogP contribution < -0.4 is 11.1 Å². The van der Waals surface area contributed by atoms with Crippen LogP contribution in [0, 0.1) is 0 Å². The molecule has 2 aromatic rings. The lowest BCUT2D eigenvalue weighted by molar-refractivity contribution is 0.145. The topological polar surface area (TPSA) is 47.3 Å². The van der Waals surface area contributed by atoms with E-state index in [4.69, 9.17) is 10.5 Å². The third kappa shape index (κ3) is 8.25. The van der Waals surface area contributed by atoms with E-state index in [2.05, 4.69) is 60.8 Å². The summed E-state index contributed by atoms with van der Waals surface area (Å²) in [7, 11) is 0. The van der Waals surface area contributed by atoms with E-state index in [1.54, 1.807) is 0 Å². The van der Waals surface area contributed by atoms with E-state index in [1.807, 2.05) is 19.1 Å². The predicted octanol–water partition coefficient (Wildman–Crippen LogP) is 3.80. The highest BCUT2D eigenvalue weighted by molar-refractivity contribution is 5.32. The Morgan fingerprint density at radius 1 is 0.917 bits per heavy atom. The smallest absolute Gasteiger partial charge is 0.0477 e.